The van der Waals surface area contributed by atoms with E-state index in [2.05, 4.69) is 64.1 Å². The Morgan fingerprint density at radius 3 is 2.19 bits per heavy atom. The molecule has 4 rings (SSSR count). The summed E-state index contributed by atoms with van der Waals surface area (Å²) in [6, 6.07) is 13.8. The summed E-state index contributed by atoms with van der Waals surface area (Å²) >= 11 is 0. The van der Waals surface area contributed by atoms with E-state index in [1.165, 1.54) is 93.0 Å². The molecule has 202 valence electrons. The van der Waals surface area contributed by atoms with E-state index in [4.69, 9.17) is 10.1 Å². The first-order chi connectivity index (χ1) is 17.7. The number of carboxylic acids is 1. The van der Waals surface area contributed by atoms with Gasteiger partial charge in [0.15, 0.2) is 0 Å². The topological polar surface area (TPSA) is 50.2 Å². The minimum absolute atomic E-state index is 0.211. The Labute approximate surface area is 225 Å². The van der Waals surface area contributed by atoms with Gasteiger partial charge in [-0.05, 0) is 78.2 Å². The number of benzene rings is 1. The summed E-state index contributed by atoms with van der Waals surface area (Å²) in [6.07, 6.45) is 16.1. The van der Waals surface area contributed by atoms with Gasteiger partial charge in [0.2, 0.25) is 0 Å². The first-order valence-electron chi connectivity index (χ1n) is 15.0. The number of fused-ring (bicyclic) bond motifs is 1. The van der Waals surface area contributed by atoms with Gasteiger partial charge < -0.3 is 5.11 Å². The third kappa shape index (κ3) is 7.24. The van der Waals surface area contributed by atoms with Crippen LogP contribution in [0.3, 0.4) is 0 Å². The van der Waals surface area contributed by atoms with Crippen LogP contribution in [0.5, 0.6) is 0 Å². The Morgan fingerprint density at radius 2 is 1.51 bits per heavy atom. The van der Waals surface area contributed by atoms with Crippen molar-refractivity contribution in [3.8, 4) is 11.3 Å². The summed E-state index contributed by atoms with van der Waals surface area (Å²) in [5.41, 5.74) is 7.13. The van der Waals surface area contributed by atoms with E-state index < -0.39 is 5.97 Å². The minimum atomic E-state index is -0.658. The molecule has 1 saturated carbocycles. The highest BCUT2D eigenvalue weighted by Gasteiger charge is 2.37. The monoisotopic (exact) mass is 503 g/mol. The Bertz CT molecular complexity index is 1040. The van der Waals surface area contributed by atoms with Crippen molar-refractivity contribution in [2.24, 2.45) is 5.92 Å². The molecule has 1 heterocycles. The molecule has 37 heavy (non-hydrogen) atoms. The van der Waals surface area contributed by atoms with Crippen molar-refractivity contribution in [3.63, 3.8) is 0 Å². The lowest BCUT2D eigenvalue weighted by Gasteiger charge is -2.42. The number of rotatable bonds is 7. The molecule has 0 atom stereocenters. The third-order valence-corrected chi connectivity index (χ3v) is 9.42. The lowest BCUT2D eigenvalue weighted by molar-refractivity contribution is -0.137. The summed E-state index contributed by atoms with van der Waals surface area (Å²) < 4.78 is 0. The van der Waals surface area contributed by atoms with Crippen LogP contribution in [0.2, 0.25) is 0 Å². The van der Waals surface area contributed by atoms with Crippen molar-refractivity contribution in [2.75, 3.05) is 0 Å². The van der Waals surface area contributed by atoms with Gasteiger partial charge in [0.1, 0.15) is 0 Å². The van der Waals surface area contributed by atoms with Crippen LogP contribution in [-0.2, 0) is 15.6 Å². The maximum Gasteiger partial charge on any atom is 0.303 e. The first kappa shape index (κ1) is 27.9. The molecular weight excluding hydrogens is 454 g/mol. The van der Waals surface area contributed by atoms with Crippen LogP contribution in [-0.4, -0.2) is 16.1 Å². The van der Waals surface area contributed by atoms with Crippen LogP contribution in [0.4, 0.5) is 0 Å². The van der Waals surface area contributed by atoms with E-state index >= 15 is 0 Å². The number of carboxylic acid groups (broad SMARTS) is 1. The summed E-state index contributed by atoms with van der Waals surface area (Å²) in [4.78, 5) is 16.0. The fourth-order valence-corrected chi connectivity index (χ4v) is 6.82. The molecular formula is C34H49NO2. The molecule has 2 aromatic rings. The van der Waals surface area contributed by atoms with Crippen molar-refractivity contribution >= 4 is 5.97 Å². The molecule has 3 heteroatoms. The molecule has 1 aromatic heterocycles. The van der Waals surface area contributed by atoms with Gasteiger partial charge in [0.05, 0.1) is 5.69 Å². The Balaban J connectivity index is 1.42. The first-order valence-corrected chi connectivity index (χ1v) is 15.0. The van der Waals surface area contributed by atoms with Gasteiger partial charge in [-0.1, -0.05) is 97.3 Å². The van der Waals surface area contributed by atoms with Gasteiger partial charge in [-0.2, -0.15) is 0 Å². The molecule has 0 saturated heterocycles. The maximum atomic E-state index is 10.8. The predicted octanol–water partition coefficient (Wildman–Crippen LogP) is 9.58. The van der Waals surface area contributed by atoms with Crippen LogP contribution in [0.25, 0.3) is 11.3 Å². The van der Waals surface area contributed by atoms with Crippen LogP contribution < -0.4 is 0 Å². The molecule has 3 nitrogen and oxygen atoms in total. The number of unbranched alkanes of at least 4 members (excludes halogenated alkanes) is 1. The molecule has 1 fully saturated rings. The zero-order valence-electron chi connectivity index (χ0n) is 23.8. The summed E-state index contributed by atoms with van der Waals surface area (Å²) in [6.45, 7) is 9.58. The van der Waals surface area contributed by atoms with Gasteiger partial charge in [-0.15, -0.1) is 0 Å². The normalized spacial score (nSPS) is 23.7. The van der Waals surface area contributed by atoms with E-state index in [1.54, 1.807) is 0 Å². The van der Waals surface area contributed by atoms with Crippen molar-refractivity contribution in [1.82, 2.24) is 4.98 Å². The lowest BCUT2D eigenvalue weighted by atomic mass is 9.63. The van der Waals surface area contributed by atoms with Crippen molar-refractivity contribution in [1.29, 1.82) is 0 Å². The van der Waals surface area contributed by atoms with Crippen LogP contribution in [0.1, 0.15) is 140 Å². The minimum Gasteiger partial charge on any atom is -0.481 e. The molecule has 1 aromatic carbocycles. The zero-order valence-corrected chi connectivity index (χ0v) is 23.8. The summed E-state index contributed by atoms with van der Waals surface area (Å²) in [5, 5.41) is 8.88. The Hall–Kier alpha value is -2.16. The smallest absolute Gasteiger partial charge is 0.303 e. The average Bonchev–Trinajstić information content (AvgIpc) is 2.88. The third-order valence-electron chi connectivity index (χ3n) is 9.42. The van der Waals surface area contributed by atoms with E-state index in [9.17, 15) is 4.79 Å². The lowest BCUT2D eigenvalue weighted by Crippen LogP contribution is -2.33. The molecule has 2 aliphatic carbocycles. The number of aromatic nitrogens is 1. The molecule has 1 N–H and O–H groups in total. The second kappa shape index (κ2) is 12.1. The number of nitrogens with zero attached hydrogens (tertiary/aromatic N) is 1. The molecule has 0 bridgehead atoms. The highest BCUT2D eigenvalue weighted by molar-refractivity contribution is 5.66. The quantitative estimate of drug-likeness (QED) is 0.383. The van der Waals surface area contributed by atoms with E-state index in [0.717, 1.165) is 24.5 Å². The maximum absolute atomic E-state index is 10.8. The van der Waals surface area contributed by atoms with Crippen LogP contribution in [0.15, 0.2) is 36.4 Å². The second-order valence-electron chi connectivity index (χ2n) is 13.2. The second-order valence-corrected chi connectivity index (χ2v) is 13.2. The van der Waals surface area contributed by atoms with E-state index in [0.29, 0.717) is 12.3 Å². The van der Waals surface area contributed by atoms with Crippen molar-refractivity contribution in [3.05, 3.63) is 53.2 Å². The highest BCUT2D eigenvalue weighted by atomic mass is 16.4. The van der Waals surface area contributed by atoms with Gasteiger partial charge in [-0.3, -0.25) is 9.78 Å². The number of pyridine rings is 1. The molecule has 0 unspecified atom stereocenters. The van der Waals surface area contributed by atoms with Crippen LogP contribution in [0, 0.1) is 5.92 Å². The van der Waals surface area contributed by atoms with Gasteiger partial charge >= 0.3 is 5.97 Å². The molecule has 0 spiro atoms. The van der Waals surface area contributed by atoms with Gasteiger partial charge in [-0.25, -0.2) is 0 Å². The van der Waals surface area contributed by atoms with E-state index in [1.807, 2.05) is 0 Å². The zero-order chi connectivity index (χ0) is 26.5. The predicted molar refractivity (Wildman–Crippen MR) is 154 cm³/mol. The van der Waals surface area contributed by atoms with E-state index in [-0.39, 0.29) is 10.8 Å². The largest absolute Gasteiger partial charge is 0.481 e. The molecule has 2 aliphatic rings. The van der Waals surface area contributed by atoms with Crippen LogP contribution >= 0.6 is 0 Å². The van der Waals surface area contributed by atoms with Gasteiger partial charge in [0.25, 0.3) is 0 Å². The summed E-state index contributed by atoms with van der Waals surface area (Å²) in [7, 11) is 0. The number of carbonyl (C=O) groups is 1. The van der Waals surface area contributed by atoms with Crippen molar-refractivity contribution < 1.29 is 9.90 Å². The molecule has 0 radical (unpaired) electrons. The van der Waals surface area contributed by atoms with Crippen molar-refractivity contribution in [2.45, 2.75) is 134 Å². The average molecular weight is 504 g/mol. The molecule has 0 aliphatic heterocycles. The number of aliphatic carboxylic acids is 1. The summed E-state index contributed by atoms with van der Waals surface area (Å²) in [5.74, 6) is 0.680. The number of hydrogen-bond acceptors (Lipinski definition) is 2. The standard InChI is InChI=1S/C34H49NO2/c1-33(2)22-23-34(3,4)29-24-27(20-21-28(29)33)31-18-11-17-30(35-31)26-15-8-5-12-25(13-6-9-16-26)14-7-10-19-32(36)37/h11,17-18,20-21,24-26H,5-10,12-16,19,22-23H2,1-4H3,(H,36,37). The van der Waals surface area contributed by atoms with Gasteiger partial charge in [0, 0.05) is 23.6 Å². The highest BCUT2D eigenvalue weighted by Crippen LogP contribution is 2.46. The Kier molecular flexibility index (Phi) is 9.14. The fraction of sp³-hybridized carbons (Fsp3) is 0.647. The molecule has 0 amide bonds. The number of hydrogen-bond donors (Lipinski definition) is 1. The SMILES string of the molecule is CC1(C)CCC(C)(C)c2cc(-c3cccc(C4CCCCC(CCCCC(=O)O)CCCC4)n3)ccc21. The Morgan fingerprint density at radius 1 is 0.865 bits per heavy atom. The fourth-order valence-electron chi connectivity index (χ4n) is 6.82.